The van der Waals surface area contributed by atoms with E-state index in [1.807, 2.05) is 20.8 Å². The van der Waals surface area contributed by atoms with Crippen molar-refractivity contribution in [1.82, 2.24) is 0 Å². The van der Waals surface area contributed by atoms with Gasteiger partial charge >= 0.3 is 6.09 Å². The van der Waals surface area contributed by atoms with Gasteiger partial charge in [-0.1, -0.05) is 20.8 Å². The molecule has 1 atom stereocenters. The van der Waals surface area contributed by atoms with Gasteiger partial charge in [0, 0.05) is 12.0 Å². The number of hydrogen-bond acceptors (Lipinski definition) is 4. The molecular weight excluding hydrogens is 184 g/mol. The predicted molar refractivity (Wildman–Crippen MR) is 53.8 cm³/mol. The first-order valence-electron chi connectivity index (χ1n) is 4.62. The molecule has 0 bridgehead atoms. The Morgan fingerprint density at radius 1 is 1.43 bits per heavy atom. The van der Waals surface area contributed by atoms with Crippen molar-refractivity contribution in [3.8, 4) is 0 Å². The minimum Gasteiger partial charge on any atom is -0.443 e. The van der Waals surface area contributed by atoms with Gasteiger partial charge in [0.1, 0.15) is 6.10 Å². The van der Waals surface area contributed by atoms with Crippen LogP contribution in [-0.2, 0) is 9.47 Å². The molecule has 5 heteroatoms. The second-order valence-electron chi connectivity index (χ2n) is 4.16. The number of carbonyl (C=O) groups is 1. The van der Waals surface area contributed by atoms with E-state index in [-0.39, 0.29) is 11.5 Å². The van der Waals surface area contributed by atoms with Gasteiger partial charge in [0.25, 0.3) is 0 Å². The van der Waals surface area contributed by atoms with Crippen LogP contribution >= 0.6 is 0 Å². The summed E-state index contributed by atoms with van der Waals surface area (Å²) in [6.07, 6.45) is -1.12. The van der Waals surface area contributed by atoms with Crippen molar-refractivity contribution in [3.05, 3.63) is 0 Å². The molecule has 0 saturated heterocycles. The molecule has 0 aromatic heterocycles. The highest BCUT2D eigenvalue weighted by Gasteiger charge is 2.27. The monoisotopic (exact) mass is 204 g/mol. The Bertz CT molecular complexity index is 177. The number of carbonyl (C=O) groups excluding carboxylic acids is 1. The van der Waals surface area contributed by atoms with E-state index < -0.39 is 6.09 Å². The lowest BCUT2D eigenvalue weighted by molar-refractivity contribution is -0.0269. The summed E-state index contributed by atoms with van der Waals surface area (Å²) >= 11 is 0. The van der Waals surface area contributed by atoms with Crippen molar-refractivity contribution >= 4 is 6.09 Å². The average molecular weight is 204 g/mol. The van der Waals surface area contributed by atoms with Gasteiger partial charge in [-0.2, -0.15) is 0 Å². The highest BCUT2D eigenvalue weighted by molar-refractivity contribution is 5.64. The van der Waals surface area contributed by atoms with Gasteiger partial charge in [-0.15, -0.1) is 0 Å². The summed E-state index contributed by atoms with van der Waals surface area (Å²) in [6, 6.07) is 0. The Hall–Kier alpha value is -0.810. The maximum Gasteiger partial charge on any atom is 0.404 e. The molecule has 0 rings (SSSR count). The topological polar surface area (TPSA) is 87.6 Å². The number of nitrogens with two attached hydrogens (primary N) is 2. The van der Waals surface area contributed by atoms with E-state index in [0.29, 0.717) is 19.8 Å². The SMILES string of the molecule is CC(C)(C)C(COCCN)OC(N)=O. The van der Waals surface area contributed by atoms with E-state index >= 15 is 0 Å². The van der Waals surface area contributed by atoms with Crippen molar-refractivity contribution in [2.75, 3.05) is 19.8 Å². The molecule has 1 unspecified atom stereocenters. The fourth-order valence-electron chi connectivity index (χ4n) is 0.875. The van der Waals surface area contributed by atoms with Gasteiger partial charge in [-0.3, -0.25) is 0 Å². The molecule has 0 heterocycles. The first-order chi connectivity index (χ1) is 6.38. The Morgan fingerprint density at radius 3 is 2.36 bits per heavy atom. The number of ether oxygens (including phenoxy) is 2. The van der Waals surface area contributed by atoms with E-state index in [9.17, 15) is 4.79 Å². The number of rotatable bonds is 5. The first-order valence-corrected chi connectivity index (χ1v) is 4.62. The fraction of sp³-hybridized carbons (Fsp3) is 0.889. The van der Waals surface area contributed by atoms with Crippen LogP contribution in [0, 0.1) is 5.41 Å². The Labute approximate surface area is 84.7 Å². The van der Waals surface area contributed by atoms with Gasteiger partial charge < -0.3 is 20.9 Å². The van der Waals surface area contributed by atoms with Crippen molar-refractivity contribution in [2.45, 2.75) is 26.9 Å². The quantitative estimate of drug-likeness (QED) is 0.637. The fourth-order valence-corrected chi connectivity index (χ4v) is 0.875. The highest BCUT2D eigenvalue weighted by atomic mass is 16.6. The number of amides is 1. The van der Waals surface area contributed by atoms with Crippen LogP contribution < -0.4 is 11.5 Å². The molecular formula is C9H20N2O3. The molecule has 14 heavy (non-hydrogen) atoms. The third kappa shape index (κ3) is 5.77. The van der Waals surface area contributed by atoms with Crippen LogP contribution in [0.4, 0.5) is 4.79 Å². The molecule has 0 spiro atoms. The molecule has 5 nitrogen and oxygen atoms in total. The van der Waals surface area contributed by atoms with Gasteiger partial charge in [0.05, 0.1) is 13.2 Å². The molecule has 0 fully saturated rings. The summed E-state index contributed by atoms with van der Waals surface area (Å²) in [5.41, 5.74) is 10.0. The molecule has 84 valence electrons. The highest BCUT2D eigenvalue weighted by Crippen LogP contribution is 2.22. The van der Waals surface area contributed by atoms with Crippen LogP contribution in [0.5, 0.6) is 0 Å². The van der Waals surface area contributed by atoms with E-state index in [1.54, 1.807) is 0 Å². The molecule has 0 aromatic carbocycles. The van der Waals surface area contributed by atoms with E-state index in [4.69, 9.17) is 20.9 Å². The van der Waals surface area contributed by atoms with Gasteiger partial charge in [0.15, 0.2) is 0 Å². The lowest BCUT2D eigenvalue weighted by Gasteiger charge is -2.29. The second kappa shape index (κ2) is 5.82. The maximum atomic E-state index is 10.6. The Morgan fingerprint density at radius 2 is 2.00 bits per heavy atom. The molecule has 0 aliphatic heterocycles. The van der Waals surface area contributed by atoms with Gasteiger partial charge in [-0.05, 0) is 0 Å². The average Bonchev–Trinajstić information content (AvgIpc) is 2.00. The molecule has 1 amide bonds. The zero-order chi connectivity index (χ0) is 11.2. The number of hydrogen-bond donors (Lipinski definition) is 2. The molecule has 0 aromatic rings. The van der Waals surface area contributed by atoms with Gasteiger partial charge in [0.2, 0.25) is 0 Å². The third-order valence-electron chi connectivity index (χ3n) is 1.76. The van der Waals surface area contributed by atoms with Gasteiger partial charge in [-0.25, -0.2) is 4.79 Å². The van der Waals surface area contributed by atoms with Crippen LogP contribution in [0.2, 0.25) is 0 Å². The molecule has 0 aliphatic carbocycles. The molecule has 0 aliphatic rings. The zero-order valence-corrected chi connectivity index (χ0v) is 9.08. The summed E-state index contributed by atoms with van der Waals surface area (Å²) < 4.78 is 10.1. The van der Waals surface area contributed by atoms with Crippen molar-refractivity contribution in [2.24, 2.45) is 16.9 Å². The first kappa shape index (κ1) is 13.2. The summed E-state index contributed by atoms with van der Waals surface area (Å²) in [4.78, 5) is 10.6. The predicted octanol–water partition coefficient (Wildman–Crippen LogP) is 0.472. The van der Waals surface area contributed by atoms with Crippen LogP contribution in [0.3, 0.4) is 0 Å². The minimum absolute atomic E-state index is 0.191. The third-order valence-corrected chi connectivity index (χ3v) is 1.76. The van der Waals surface area contributed by atoms with Crippen molar-refractivity contribution in [1.29, 1.82) is 0 Å². The van der Waals surface area contributed by atoms with Crippen molar-refractivity contribution < 1.29 is 14.3 Å². The van der Waals surface area contributed by atoms with Crippen molar-refractivity contribution in [3.63, 3.8) is 0 Å². The Kier molecular flexibility index (Phi) is 5.49. The normalized spacial score (nSPS) is 13.7. The molecule has 0 saturated carbocycles. The van der Waals surface area contributed by atoms with Crippen LogP contribution in [0.25, 0.3) is 0 Å². The number of primary amides is 1. The van der Waals surface area contributed by atoms with E-state index in [2.05, 4.69) is 0 Å². The van der Waals surface area contributed by atoms with Crippen LogP contribution in [0.15, 0.2) is 0 Å². The van der Waals surface area contributed by atoms with Crippen LogP contribution in [-0.4, -0.2) is 32.0 Å². The standard InChI is InChI=1S/C9H20N2O3/c1-9(2,3)7(14-8(11)12)6-13-5-4-10/h7H,4-6,10H2,1-3H3,(H2,11,12). The van der Waals surface area contributed by atoms with E-state index in [0.717, 1.165) is 0 Å². The maximum absolute atomic E-state index is 10.6. The lowest BCUT2D eigenvalue weighted by atomic mass is 9.89. The zero-order valence-electron chi connectivity index (χ0n) is 9.08. The summed E-state index contributed by atoms with van der Waals surface area (Å²) in [7, 11) is 0. The smallest absolute Gasteiger partial charge is 0.404 e. The summed E-state index contributed by atoms with van der Waals surface area (Å²) in [5, 5.41) is 0. The second-order valence-corrected chi connectivity index (χ2v) is 4.16. The largest absolute Gasteiger partial charge is 0.443 e. The molecule has 0 radical (unpaired) electrons. The summed E-state index contributed by atoms with van der Waals surface area (Å²) in [6.45, 7) is 7.08. The van der Waals surface area contributed by atoms with E-state index in [1.165, 1.54) is 0 Å². The minimum atomic E-state index is -0.777. The summed E-state index contributed by atoms with van der Waals surface area (Å²) in [5.74, 6) is 0. The molecule has 4 N–H and O–H groups in total. The van der Waals surface area contributed by atoms with Crippen LogP contribution in [0.1, 0.15) is 20.8 Å². The lowest BCUT2D eigenvalue weighted by Crippen LogP contribution is -2.37. The Balaban J connectivity index is 4.05.